The van der Waals surface area contributed by atoms with E-state index in [1.165, 1.54) is 12.1 Å². The minimum absolute atomic E-state index is 0.132. The van der Waals surface area contributed by atoms with Gasteiger partial charge in [-0.15, -0.1) is 0 Å². The number of rotatable bonds is 3. The van der Waals surface area contributed by atoms with E-state index in [-0.39, 0.29) is 36.1 Å². The molecule has 0 radical (unpaired) electrons. The molecule has 0 saturated heterocycles. The van der Waals surface area contributed by atoms with Gasteiger partial charge in [0.25, 0.3) is 0 Å². The maximum atomic E-state index is 12.4. The Hall–Kier alpha value is -2.95. The van der Waals surface area contributed by atoms with E-state index in [4.69, 9.17) is 0 Å². The lowest BCUT2D eigenvalue weighted by Gasteiger charge is -2.26. The number of phenolic OH excluding ortho intramolecular Hbond substituents is 1. The number of phenols is 1. The number of nitrogens with one attached hydrogen (secondary N) is 1. The highest BCUT2D eigenvalue weighted by atomic mass is 16.3. The van der Waals surface area contributed by atoms with Crippen LogP contribution in [0.2, 0.25) is 0 Å². The van der Waals surface area contributed by atoms with Crippen molar-refractivity contribution in [2.75, 3.05) is 5.32 Å². The van der Waals surface area contributed by atoms with Gasteiger partial charge in [0, 0.05) is 18.5 Å². The molecule has 0 atom stereocenters. The normalized spacial score (nSPS) is 20.7. The number of ketones is 2. The topological polar surface area (TPSA) is 83.5 Å². The third-order valence-corrected chi connectivity index (χ3v) is 4.21. The number of anilines is 1. The molecular weight excluding hydrogens is 306 g/mol. The molecule has 0 aromatic heterocycles. The van der Waals surface area contributed by atoms with Crippen LogP contribution in [0.4, 0.5) is 5.69 Å². The fourth-order valence-corrected chi connectivity index (χ4v) is 2.98. The lowest BCUT2D eigenvalue weighted by molar-refractivity contribution is -0.141. The Morgan fingerprint density at radius 3 is 2.08 bits per heavy atom. The molecule has 122 valence electrons. The molecule has 2 N–H and O–H groups in total. The molecule has 0 unspecified atom stereocenters. The van der Waals surface area contributed by atoms with Crippen molar-refractivity contribution >= 4 is 23.2 Å². The zero-order chi connectivity index (χ0) is 17.1. The molecule has 1 amide bonds. The lowest BCUT2D eigenvalue weighted by atomic mass is 9.76. The lowest BCUT2D eigenvalue weighted by Crippen LogP contribution is -2.40. The second kappa shape index (κ2) is 6.66. The summed E-state index contributed by atoms with van der Waals surface area (Å²) >= 11 is 0. The average Bonchev–Trinajstić information content (AvgIpc) is 2.55. The smallest absolute Gasteiger partial charge is 0.242 e. The van der Waals surface area contributed by atoms with Crippen molar-refractivity contribution in [1.82, 2.24) is 0 Å². The van der Waals surface area contributed by atoms with Crippen LogP contribution in [0.1, 0.15) is 24.3 Å². The monoisotopic (exact) mass is 323 g/mol. The van der Waals surface area contributed by atoms with Crippen LogP contribution in [-0.2, 0) is 14.4 Å². The molecule has 3 rings (SSSR count). The number of carbonyl (C=O) groups excluding carboxylic acids is 3. The first-order valence-electron chi connectivity index (χ1n) is 7.75. The number of hydrogen-bond acceptors (Lipinski definition) is 4. The quantitative estimate of drug-likeness (QED) is 0.851. The van der Waals surface area contributed by atoms with Gasteiger partial charge in [0.2, 0.25) is 5.91 Å². The summed E-state index contributed by atoms with van der Waals surface area (Å²) in [7, 11) is 0. The predicted octanol–water partition coefficient (Wildman–Crippen LogP) is 2.66. The molecule has 1 fully saturated rings. The van der Waals surface area contributed by atoms with Crippen LogP contribution >= 0.6 is 0 Å². The van der Waals surface area contributed by atoms with Crippen LogP contribution in [0.15, 0.2) is 54.6 Å². The molecular formula is C19H17NO4. The maximum Gasteiger partial charge on any atom is 0.242 e. The molecule has 1 aliphatic carbocycles. The van der Waals surface area contributed by atoms with E-state index >= 15 is 0 Å². The summed E-state index contributed by atoms with van der Waals surface area (Å²) in [6.45, 7) is 0. The van der Waals surface area contributed by atoms with E-state index in [2.05, 4.69) is 5.32 Å². The van der Waals surface area contributed by atoms with Crippen LogP contribution in [0.5, 0.6) is 5.75 Å². The summed E-state index contributed by atoms with van der Waals surface area (Å²) in [4.78, 5) is 37.0. The summed E-state index contributed by atoms with van der Waals surface area (Å²) < 4.78 is 0. The van der Waals surface area contributed by atoms with Gasteiger partial charge in [0.1, 0.15) is 5.75 Å². The van der Waals surface area contributed by atoms with Gasteiger partial charge in [-0.1, -0.05) is 30.3 Å². The van der Waals surface area contributed by atoms with Gasteiger partial charge in [-0.25, -0.2) is 0 Å². The number of amides is 1. The first kappa shape index (κ1) is 15.9. The summed E-state index contributed by atoms with van der Waals surface area (Å²) in [5.41, 5.74) is 1.38. The summed E-state index contributed by atoms with van der Waals surface area (Å²) in [5.74, 6) is -2.65. The molecule has 24 heavy (non-hydrogen) atoms. The molecule has 0 bridgehead atoms. The Kier molecular flexibility index (Phi) is 4.42. The Morgan fingerprint density at radius 1 is 0.917 bits per heavy atom. The van der Waals surface area contributed by atoms with Crippen molar-refractivity contribution < 1.29 is 19.5 Å². The molecule has 2 aromatic carbocycles. The third-order valence-electron chi connectivity index (χ3n) is 4.21. The van der Waals surface area contributed by atoms with Gasteiger partial charge >= 0.3 is 0 Å². The SMILES string of the molecule is O=C1CC(c2ccc(O)cc2)CC(=O)C1C(=O)Nc1ccccc1. The molecule has 5 heteroatoms. The number of hydrogen-bond donors (Lipinski definition) is 2. The van der Waals surface area contributed by atoms with Gasteiger partial charge < -0.3 is 10.4 Å². The van der Waals surface area contributed by atoms with Gasteiger partial charge in [-0.3, -0.25) is 14.4 Å². The van der Waals surface area contributed by atoms with Crippen LogP contribution in [0.3, 0.4) is 0 Å². The van der Waals surface area contributed by atoms with Crippen LogP contribution in [0, 0.1) is 5.92 Å². The number of para-hydroxylation sites is 1. The van der Waals surface area contributed by atoms with Crippen molar-refractivity contribution in [2.24, 2.45) is 5.92 Å². The second-order valence-electron chi connectivity index (χ2n) is 5.92. The Balaban J connectivity index is 1.71. The molecule has 1 saturated carbocycles. The summed E-state index contributed by atoms with van der Waals surface area (Å²) in [6, 6.07) is 15.2. The van der Waals surface area contributed by atoms with Crippen LogP contribution < -0.4 is 5.32 Å². The largest absolute Gasteiger partial charge is 0.508 e. The van der Waals surface area contributed by atoms with E-state index in [1.807, 2.05) is 6.07 Å². The second-order valence-corrected chi connectivity index (χ2v) is 5.92. The van der Waals surface area contributed by atoms with Crippen LogP contribution in [-0.4, -0.2) is 22.6 Å². The maximum absolute atomic E-state index is 12.4. The predicted molar refractivity (Wildman–Crippen MR) is 88.7 cm³/mol. The molecule has 0 spiro atoms. The van der Waals surface area contributed by atoms with Gasteiger partial charge in [0.15, 0.2) is 17.5 Å². The van der Waals surface area contributed by atoms with Crippen molar-refractivity contribution in [3.63, 3.8) is 0 Å². The number of Topliss-reactive ketones (excluding diaryl/α,β-unsaturated/α-hetero) is 2. The zero-order valence-corrected chi connectivity index (χ0v) is 12.9. The van der Waals surface area contributed by atoms with Crippen LogP contribution in [0.25, 0.3) is 0 Å². The third kappa shape index (κ3) is 3.35. The Bertz CT molecular complexity index is 750. The number of aromatic hydroxyl groups is 1. The van der Waals surface area contributed by atoms with Crippen molar-refractivity contribution in [3.05, 3.63) is 60.2 Å². The highest BCUT2D eigenvalue weighted by Gasteiger charge is 2.40. The Labute approximate surface area is 139 Å². The fraction of sp³-hybridized carbons (Fsp3) is 0.211. The molecule has 2 aromatic rings. The highest BCUT2D eigenvalue weighted by molar-refractivity contribution is 6.23. The van der Waals surface area contributed by atoms with E-state index in [9.17, 15) is 19.5 Å². The highest BCUT2D eigenvalue weighted by Crippen LogP contribution is 2.33. The average molecular weight is 323 g/mol. The molecule has 1 aliphatic rings. The number of benzene rings is 2. The minimum atomic E-state index is -1.24. The van der Waals surface area contributed by atoms with Crippen molar-refractivity contribution in [1.29, 1.82) is 0 Å². The Morgan fingerprint density at radius 2 is 1.50 bits per heavy atom. The van der Waals surface area contributed by atoms with Gasteiger partial charge in [-0.2, -0.15) is 0 Å². The summed E-state index contributed by atoms with van der Waals surface area (Å²) in [6.07, 6.45) is 0.285. The minimum Gasteiger partial charge on any atom is -0.508 e. The summed E-state index contributed by atoms with van der Waals surface area (Å²) in [5, 5.41) is 11.9. The van der Waals surface area contributed by atoms with Gasteiger partial charge in [-0.05, 0) is 35.7 Å². The van der Waals surface area contributed by atoms with Crippen molar-refractivity contribution in [2.45, 2.75) is 18.8 Å². The van der Waals surface area contributed by atoms with E-state index in [1.54, 1.807) is 36.4 Å². The number of carbonyl (C=O) groups is 3. The van der Waals surface area contributed by atoms with E-state index in [0.29, 0.717) is 5.69 Å². The van der Waals surface area contributed by atoms with Crippen molar-refractivity contribution in [3.8, 4) is 5.75 Å². The van der Waals surface area contributed by atoms with E-state index < -0.39 is 11.8 Å². The first-order valence-corrected chi connectivity index (χ1v) is 7.75. The standard InChI is InChI=1S/C19H17NO4/c21-15-8-6-12(7-9-15)13-10-16(22)18(17(23)11-13)19(24)20-14-4-2-1-3-5-14/h1-9,13,18,21H,10-11H2,(H,20,24). The zero-order valence-electron chi connectivity index (χ0n) is 12.9. The molecule has 5 nitrogen and oxygen atoms in total. The fourth-order valence-electron chi connectivity index (χ4n) is 2.98. The first-order chi connectivity index (χ1) is 11.5. The molecule has 0 heterocycles. The molecule has 0 aliphatic heterocycles. The van der Waals surface area contributed by atoms with Gasteiger partial charge in [0.05, 0.1) is 0 Å². The van der Waals surface area contributed by atoms with E-state index in [0.717, 1.165) is 5.56 Å².